The molecule has 2 aromatic rings. The molecule has 0 unspecified atom stereocenters. The number of amides is 2. The largest absolute Gasteiger partial charge is 0.358 e. The number of likely N-dealkylation sites (tertiary alicyclic amines) is 1. The Bertz CT molecular complexity index is 907. The smallest absolute Gasteiger partial charge is 0.240 e. The van der Waals surface area contributed by atoms with Crippen LogP contribution in [0.15, 0.2) is 12.1 Å². The van der Waals surface area contributed by atoms with Crippen molar-refractivity contribution in [1.82, 2.24) is 20.5 Å². The maximum atomic E-state index is 13.0. The van der Waals surface area contributed by atoms with E-state index in [9.17, 15) is 9.59 Å². The number of aromatic nitrogens is 1. The fraction of sp³-hybridized carbons (Fsp3) is 0.524. The quantitative estimate of drug-likeness (QED) is 0.755. The number of H-pyrrole nitrogens is 1. The van der Waals surface area contributed by atoms with Crippen LogP contribution < -0.4 is 10.6 Å². The fourth-order valence-corrected chi connectivity index (χ4v) is 4.60. The van der Waals surface area contributed by atoms with Crippen molar-refractivity contribution < 1.29 is 9.59 Å². The SMILES string of the molecule is Cc1cc(C)c2[nH]c(C)c(CC(=O)N3CCC4(CC3)NCCNC4=O)c2c1. The fourth-order valence-electron chi connectivity index (χ4n) is 4.60. The monoisotopic (exact) mass is 368 g/mol. The molecule has 0 atom stereocenters. The molecule has 2 amide bonds. The molecule has 1 aromatic heterocycles. The molecule has 6 heteroatoms. The van der Waals surface area contributed by atoms with Crippen LogP contribution in [-0.4, -0.2) is 53.4 Å². The summed E-state index contributed by atoms with van der Waals surface area (Å²) in [7, 11) is 0. The van der Waals surface area contributed by atoms with Crippen LogP contribution in [0.2, 0.25) is 0 Å². The Kier molecular flexibility index (Phi) is 4.46. The summed E-state index contributed by atoms with van der Waals surface area (Å²) in [5, 5.41) is 7.49. The Balaban J connectivity index is 1.50. The molecule has 4 rings (SSSR count). The van der Waals surface area contributed by atoms with Gasteiger partial charge in [-0.1, -0.05) is 11.6 Å². The van der Waals surface area contributed by atoms with Crippen molar-refractivity contribution in [3.8, 4) is 0 Å². The number of piperazine rings is 1. The predicted octanol–water partition coefficient (Wildman–Crippen LogP) is 1.72. The molecule has 3 heterocycles. The van der Waals surface area contributed by atoms with Gasteiger partial charge < -0.3 is 20.5 Å². The molecule has 3 N–H and O–H groups in total. The molecule has 1 aromatic carbocycles. The zero-order valence-corrected chi connectivity index (χ0v) is 16.4. The van der Waals surface area contributed by atoms with Gasteiger partial charge in [-0.05, 0) is 50.8 Å². The van der Waals surface area contributed by atoms with Crippen LogP contribution in [0, 0.1) is 20.8 Å². The highest BCUT2D eigenvalue weighted by Gasteiger charge is 2.43. The van der Waals surface area contributed by atoms with E-state index in [1.807, 2.05) is 11.8 Å². The number of aryl methyl sites for hydroxylation is 3. The van der Waals surface area contributed by atoms with Crippen LogP contribution in [0.1, 0.15) is 35.2 Å². The Morgan fingerprint density at radius 3 is 2.59 bits per heavy atom. The van der Waals surface area contributed by atoms with Crippen molar-refractivity contribution in [3.05, 3.63) is 34.5 Å². The van der Waals surface area contributed by atoms with E-state index < -0.39 is 5.54 Å². The van der Waals surface area contributed by atoms with Crippen molar-refractivity contribution in [1.29, 1.82) is 0 Å². The van der Waals surface area contributed by atoms with Crippen molar-refractivity contribution in [2.24, 2.45) is 0 Å². The summed E-state index contributed by atoms with van der Waals surface area (Å²) in [5.74, 6) is 0.225. The highest BCUT2D eigenvalue weighted by Crippen LogP contribution is 2.28. The number of hydrogen-bond acceptors (Lipinski definition) is 3. The van der Waals surface area contributed by atoms with E-state index in [1.54, 1.807) is 0 Å². The summed E-state index contributed by atoms with van der Waals surface area (Å²) in [5.41, 5.74) is 5.22. The van der Waals surface area contributed by atoms with E-state index in [1.165, 1.54) is 11.1 Å². The maximum absolute atomic E-state index is 13.0. The lowest BCUT2D eigenvalue weighted by atomic mass is 9.85. The summed E-state index contributed by atoms with van der Waals surface area (Å²) in [6.45, 7) is 8.96. The number of hydrogen-bond donors (Lipinski definition) is 3. The molecule has 2 saturated heterocycles. The molecule has 2 aliphatic rings. The second-order valence-electron chi connectivity index (χ2n) is 8.06. The van der Waals surface area contributed by atoms with Crippen LogP contribution >= 0.6 is 0 Å². The highest BCUT2D eigenvalue weighted by molar-refractivity contribution is 5.92. The van der Waals surface area contributed by atoms with E-state index >= 15 is 0 Å². The first kappa shape index (κ1) is 18.0. The topological polar surface area (TPSA) is 77.2 Å². The van der Waals surface area contributed by atoms with Gasteiger partial charge in [0, 0.05) is 42.8 Å². The number of piperidine rings is 1. The Morgan fingerprint density at radius 2 is 1.89 bits per heavy atom. The number of carbonyl (C=O) groups is 2. The van der Waals surface area contributed by atoms with E-state index in [0.717, 1.165) is 28.7 Å². The Hall–Kier alpha value is -2.34. The zero-order chi connectivity index (χ0) is 19.2. The number of rotatable bonds is 2. The van der Waals surface area contributed by atoms with Gasteiger partial charge in [-0.3, -0.25) is 9.59 Å². The Morgan fingerprint density at radius 1 is 1.15 bits per heavy atom. The minimum atomic E-state index is -0.486. The number of nitrogens with one attached hydrogen (secondary N) is 3. The average molecular weight is 368 g/mol. The molecule has 2 aliphatic heterocycles. The minimum Gasteiger partial charge on any atom is -0.358 e. The molecule has 1 spiro atoms. The molecular formula is C21H28N4O2. The molecular weight excluding hydrogens is 340 g/mol. The average Bonchev–Trinajstić information content (AvgIpc) is 2.95. The number of carbonyl (C=O) groups excluding carboxylic acids is 2. The molecule has 144 valence electrons. The Labute approximate surface area is 159 Å². The van der Waals surface area contributed by atoms with E-state index in [2.05, 4.69) is 41.6 Å². The van der Waals surface area contributed by atoms with Crippen LogP contribution in [0.5, 0.6) is 0 Å². The summed E-state index contributed by atoms with van der Waals surface area (Å²) in [6, 6.07) is 4.33. The predicted molar refractivity (Wildman–Crippen MR) is 106 cm³/mol. The van der Waals surface area contributed by atoms with Crippen molar-refractivity contribution in [3.63, 3.8) is 0 Å². The van der Waals surface area contributed by atoms with Gasteiger partial charge in [0.2, 0.25) is 11.8 Å². The van der Waals surface area contributed by atoms with Crippen molar-refractivity contribution in [2.75, 3.05) is 26.2 Å². The molecule has 0 aliphatic carbocycles. The lowest BCUT2D eigenvalue weighted by Gasteiger charge is -2.43. The van der Waals surface area contributed by atoms with Gasteiger partial charge in [0.15, 0.2) is 0 Å². The normalized spacial score (nSPS) is 19.5. The first-order valence-corrected chi connectivity index (χ1v) is 9.79. The maximum Gasteiger partial charge on any atom is 0.240 e. The number of fused-ring (bicyclic) bond motifs is 1. The molecule has 0 bridgehead atoms. The second kappa shape index (κ2) is 6.68. The van der Waals surface area contributed by atoms with Gasteiger partial charge in [-0.15, -0.1) is 0 Å². The van der Waals surface area contributed by atoms with Crippen molar-refractivity contribution in [2.45, 2.75) is 45.6 Å². The lowest BCUT2D eigenvalue weighted by Crippen LogP contribution is -2.67. The third-order valence-electron chi connectivity index (χ3n) is 6.18. The van der Waals surface area contributed by atoms with Crippen molar-refractivity contribution >= 4 is 22.7 Å². The molecule has 2 fully saturated rings. The number of benzene rings is 1. The van der Waals surface area contributed by atoms with Crippen LogP contribution in [-0.2, 0) is 16.0 Å². The summed E-state index contributed by atoms with van der Waals surface area (Å²) in [6.07, 6.45) is 1.76. The van der Waals surface area contributed by atoms with Gasteiger partial charge in [0.05, 0.1) is 6.42 Å². The lowest BCUT2D eigenvalue weighted by molar-refractivity contribution is -0.138. The van der Waals surface area contributed by atoms with Crippen LogP contribution in [0.4, 0.5) is 0 Å². The van der Waals surface area contributed by atoms with Gasteiger partial charge in [0.25, 0.3) is 0 Å². The van der Waals surface area contributed by atoms with Gasteiger partial charge in [-0.25, -0.2) is 0 Å². The van der Waals surface area contributed by atoms with Gasteiger partial charge in [-0.2, -0.15) is 0 Å². The first-order valence-electron chi connectivity index (χ1n) is 9.79. The van der Waals surface area contributed by atoms with E-state index in [-0.39, 0.29) is 11.8 Å². The summed E-state index contributed by atoms with van der Waals surface area (Å²) >= 11 is 0. The third kappa shape index (κ3) is 3.12. The highest BCUT2D eigenvalue weighted by atomic mass is 16.2. The van der Waals surface area contributed by atoms with E-state index in [0.29, 0.717) is 38.9 Å². The van der Waals surface area contributed by atoms with Gasteiger partial charge in [0.1, 0.15) is 5.54 Å². The number of aromatic amines is 1. The second-order valence-corrected chi connectivity index (χ2v) is 8.06. The molecule has 0 radical (unpaired) electrons. The summed E-state index contributed by atoms with van der Waals surface area (Å²) in [4.78, 5) is 30.6. The third-order valence-corrected chi connectivity index (χ3v) is 6.18. The van der Waals surface area contributed by atoms with Crippen LogP contribution in [0.3, 0.4) is 0 Å². The standard InChI is InChI=1S/C21H28N4O2/c1-13-10-14(2)19-17(11-13)16(15(3)24-19)12-18(26)25-8-4-21(5-9-25)20(27)22-6-7-23-21/h10-11,23-24H,4-9,12H2,1-3H3,(H,22,27). The zero-order valence-electron chi connectivity index (χ0n) is 16.4. The molecule has 27 heavy (non-hydrogen) atoms. The summed E-state index contributed by atoms with van der Waals surface area (Å²) < 4.78 is 0. The number of nitrogens with zero attached hydrogens (tertiary/aromatic N) is 1. The van der Waals surface area contributed by atoms with E-state index in [4.69, 9.17) is 0 Å². The van der Waals surface area contributed by atoms with Crippen LogP contribution in [0.25, 0.3) is 10.9 Å². The minimum absolute atomic E-state index is 0.0827. The molecule has 0 saturated carbocycles. The van der Waals surface area contributed by atoms with Gasteiger partial charge >= 0.3 is 0 Å². The molecule has 6 nitrogen and oxygen atoms in total. The first-order chi connectivity index (χ1) is 12.9.